The van der Waals surface area contributed by atoms with Crippen molar-refractivity contribution >= 4 is 64.1 Å². The molecule has 1 aliphatic rings. The van der Waals surface area contributed by atoms with Gasteiger partial charge in [-0.05, 0) is 11.6 Å². The fourth-order valence-corrected chi connectivity index (χ4v) is 4.84. The van der Waals surface area contributed by atoms with Gasteiger partial charge in [0.25, 0.3) is 11.6 Å². The van der Waals surface area contributed by atoms with Crippen molar-refractivity contribution in [3.8, 4) is 0 Å². The zero-order chi connectivity index (χ0) is 19.6. The molecule has 2 aromatic rings. The summed E-state index contributed by atoms with van der Waals surface area (Å²) in [5, 5.41) is 25.7. The van der Waals surface area contributed by atoms with Gasteiger partial charge < -0.3 is 5.32 Å². The molecule has 1 unspecified atom stereocenters. The van der Waals surface area contributed by atoms with E-state index >= 15 is 0 Å². The second kappa shape index (κ2) is 7.89. The molecule has 27 heavy (non-hydrogen) atoms. The van der Waals surface area contributed by atoms with Crippen LogP contribution in [0.5, 0.6) is 0 Å². The van der Waals surface area contributed by atoms with Gasteiger partial charge in [-0.2, -0.15) is 0 Å². The summed E-state index contributed by atoms with van der Waals surface area (Å²) in [6.07, 6.45) is 4.62. The number of nitrogens with one attached hydrogen (secondary N) is 1. The van der Waals surface area contributed by atoms with Crippen molar-refractivity contribution < 1.29 is 9.72 Å². The van der Waals surface area contributed by atoms with Crippen molar-refractivity contribution in [2.45, 2.75) is 28.1 Å². The van der Waals surface area contributed by atoms with Crippen LogP contribution < -0.4 is 5.32 Å². The summed E-state index contributed by atoms with van der Waals surface area (Å²) in [6, 6.07) is 1.21. The topological polar surface area (TPSA) is 122 Å². The van der Waals surface area contributed by atoms with Crippen LogP contribution in [-0.2, 0) is 0 Å². The first kappa shape index (κ1) is 19.7. The van der Waals surface area contributed by atoms with Crippen molar-refractivity contribution in [3.63, 3.8) is 0 Å². The highest BCUT2D eigenvalue weighted by Crippen LogP contribution is 2.45. The molecule has 1 N–H and O–H groups in total. The van der Waals surface area contributed by atoms with Crippen LogP contribution in [0.25, 0.3) is 0 Å². The molecule has 0 saturated carbocycles. The van der Waals surface area contributed by atoms with Crippen molar-refractivity contribution in [2.75, 3.05) is 0 Å². The molecule has 0 aromatic carbocycles. The monoisotopic (exact) mass is 444 g/mol. The van der Waals surface area contributed by atoms with Crippen LogP contribution in [0.15, 0.2) is 43.0 Å². The number of halogens is 2. The van der Waals surface area contributed by atoms with Gasteiger partial charge in [-0.1, -0.05) is 41.9 Å². The predicted molar refractivity (Wildman–Crippen MR) is 103 cm³/mol. The maximum absolute atomic E-state index is 12.6. The van der Waals surface area contributed by atoms with Gasteiger partial charge in [-0.3, -0.25) is 19.9 Å². The molecule has 0 fully saturated rings. The molecule has 0 spiro atoms. The summed E-state index contributed by atoms with van der Waals surface area (Å²) in [7, 11) is 0. The van der Waals surface area contributed by atoms with E-state index in [1.807, 2.05) is 6.92 Å². The second-order valence-corrected chi connectivity index (χ2v) is 8.39. The van der Waals surface area contributed by atoms with E-state index in [0.717, 1.165) is 23.1 Å². The number of aromatic nitrogens is 1. The normalized spacial score (nSPS) is 18.0. The Balaban J connectivity index is 1.92. The van der Waals surface area contributed by atoms with Gasteiger partial charge in [0.15, 0.2) is 5.66 Å². The Morgan fingerprint density at radius 3 is 2.67 bits per heavy atom. The van der Waals surface area contributed by atoms with Gasteiger partial charge in [0.05, 0.1) is 26.1 Å². The first-order valence-electron chi connectivity index (χ1n) is 7.39. The molecular formula is C14H10Cl2N6O3S2. The molecule has 1 aliphatic heterocycles. The van der Waals surface area contributed by atoms with E-state index < -0.39 is 16.5 Å². The number of nitro groups is 1. The molecule has 3 rings (SSSR count). The summed E-state index contributed by atoms with van der Waals surface area (Å²) in [5.74, 6) is -0.518. The number of amides is 1. The number of hydrogen-bond acceptors (Lipinski definition) is 9. The first-order chi connectivity index (χ1) is 12.8. The van der Waals surface area contributed by atoms with Gasteiger partial charge in [0.1, 0.15) is 9.09 Å². The SMILES string of the molecule is CCC1(NC(=O)c2cc([N+](=O)[O-])c(Sc3c(Cl)cncc3Cl)s2)C=NN=N1. The van der Waals surface area contributed by atoms with Crippen LogP contribution in [0, 0.1) is 10.1 Å². The Morgan fingerprint density at radius 2 is 2.11 bits per heavy atom. The van der Waals surface area contributed by atoms with Gasteiger partial charge in [-0.25, -0.2) is 0 Å². The number of carbonyl (C=O) groups is 1. The minimum Gasteiger partial charge on any atom is -0.321 e. The third kappa shape index (κ3) is 4.10. The smallest absolute Gasteiger partial charge is 0.294 e. The zero-order valence-corrected chi connectivity index (χ0v) is 16.7. The average molecular weight is 445 g/mol. The Bertz CT molecular complexity index is 946. The third-order valence-electron chi connectivity index (χ3n) is 3.52. The Kier molecular flexibility index (Phi) is 5.75. The number of nitrogens with zero attached hydrogens (tertiary/aromatic N) is 5. The zero-order valence-electron chi connectivity index (χ0n) is 13.5. The van der Waals surface area contributed by atoms with E-state index in [0.29, 0.717) is 11.3 Å². The van der Waals surface area contributed by atoms with Crippen LogP contribution in [0.3, 0.4) is 0 Å². The summed E-state index contributed by atoms with van der Waals surface area (Å²) in [5.41, 5.74) is -1.26. The molecule has 9 nitrogen and oxygen atoms in total. The summed E-state index contributed by atoms with van der Waals surface area (Å²) in [6.45, 7) is 1.81. The van der Waals surface area contributed by atoms with Crippen LogP contribution in [0.1, 0.15) is 23.0 Å². The van der Waals surface area contributed by atoms with Crippen molar-refractivity contribution in [3.05, 3.63) is 43.5 Å². The molecule has 1 atom stereocenters. The number of pyridine rings is 1. The maximum Gasteiger partial charge on any atom is 0.294 e. The van der Waals surface area contributed by atoms with E-state index in [9.17, 15) is 14.9 Å². The lowest BCUT2D eigenvalue weighted by molar-refractivity contribution is -0.387. The van der Waals surface area contributed by atoms with Gasteiger partial charge in [-0.15, -0.1) is 21.6 Å². The molecule has 2 aromatic heterocycles. The van der Waals surface area contributed by atoms with E-state index in [1.54, 1.807) is 0 Å². The van der Waals surface area contributed by atoms with Crippen LogP contribution >= 0.6 is 46.3 Å². The average Bonchev–Trinajstić information content (AvgIpc) is 3.26. The Hall–Kier alpha value is -2.08. The Morgan fingerprint density at radius 1 is 1.41 bits per heavy atom. The number of thiophene rings is 1. The van der Waals surface area contributed by atoms with Crippen LogP contribution in [0.2, 0.25) is 10.0 Å². The van der Waals surface area contributed by atoms with E-state index in [1.165, 1.54) is 24.7 Å². The van der Waals surface area contributed by atoms with Crippen LogP contribution in [0.4, 0.5) is 5.69 Å². The van der Waals surface area contributed by atoms with Gasteiger partial charge >= 0.3 is 0 Å². The lowest BCUT2D eigenvalue weighted by Crippen LogP contribution is -2.46. The number of rotatable bonds is 6. The molecule has 0 radical (unpaired) electrons. The quantitative estimate of drug-likeness (QED) is 0.506. The Labute approximate surface area is 171 Å². The largest absolute Gasteiger partial charge is 0.321 e. The van der Waals surface area contributed by atoms with Gasteiger partial charge in [0.2, 0.25) is 0 Å². The highest BCUT2D eigenvalue weighted by molar-refractivity contribution is 8.01. The minimum absolute atomic E-state index is 0.147. The molecule has 3 heterocycles. The summed E-state index contributed by atoms with van der Waals surface area (Å²) in [4.78, 5) is 27.9. The number of carbonyl (C=O) groups excluding carboxylic acids is 1. The van der Waals surface area contributed by atoms with Crippen molar-refractivity contribution in [2.24, 2.45) is 15.4 Å². The molecule has 1 amide bonds. The summed E-state index contributed by atoms with van der Waals surface area (Å²) < 4.78 is 0.271. The minimum atomic E-state index is -1.04. The fraction of sp³-hybridized carbons (Fsp3) is 0.214. The van der Waals surface area contributed by atoms with Crippen LogP contribution in [-0.4, -0.2) is 27.7 Å². The molecule has 0 bridgehead atoms. The molecule has 13 heteroatoms. The van der Waals surface area contributed by atoms with Crippen molar-refractivity contribution in [1.29, 1.82) is 0 Å². The summed E-state index contributed by atoms with van der Waals surface area (Å²) >= 11 is 14.1. The lowest BCUT2D eigenvalue weighted by atomic mass is 10.1. The fourth-order valence-electron chi connectivity index (χ4n) is 2.09. The molecule has 0 saturated heterocycles. The van der Waals surface area contributed by atoms with E-state index in [2.05, 4.69) is 25.7 Å². The maximum atomic E-state index is 12.6. The molecular weight excluding hydrogens is 435 g/mol. The van der Waals surface area contributed by atoms with Crippen molar-refractivity contribution in [1.82, 2.24) is 10.3 Å². The predicted octanol–water partition coefficient (Wildman–Crippen LogP) is 4.80. The van der Waals surface area contributed by atoms with E-state index in [4.69, 9.17) is 23.2 Å². The van der Waals surface area contributed by atoms with E-state index in [-0.39, 0.29) is 24.8 Å². The second-order valence-electron chi connectivity index (χ2n) is 5.24. The lowest BCUT2D eigenvalue weighted by Gasteiger charge is -2.19. The number of hydrogen-bond donors (Lipinski definition) is 1. The highest BCUT2D eigenvalue weighted by Gasteiger charge is 2.33. The molecule has 140 valence electrons. The first-order valence-corrected chi connectivity index (χ1v) is 9.78. The van der Waals surface area contributed by atoms with Gasteiger partial charge in [0, 0.05) is 18.5 Å². The standard InChI is InChI=1S/C14H10Cl2N6O3S2/c1-2-14(6-18-21-20-14)19-12(23)10-3-9(22(24)25)13(26-10)27-11-7(15)4-17-5-8(11)16/h3-6H,2H2,1H3,(H,19,23). The molecule has 0 aliphatic carbocycles. The third-order valence-corrected chi connectivity index (χ3v) is 6.77. The highest BCUT2D eigenvalue weighted by atomic mass is 35.5.